The lowest BCUT2D eigenvalue weighted by molar-refractivity contribution is 0.0544. The fourth-order valence-corrected chi connectivity index (χ4v) is 1.51. The lowest BCUT2D eigenvalue weighted by Crippen LogP contribution is -2.15. The zero-order valence-electron chi connectivity index (χ0n) is 7.66. The molecule has 1 heterocycles. The van der Waals surface area contributed by atoms with Gasteiger partial charge in [0.15, 0.2) is 0 Å². The average molecular weight is 174 g/mol. The van der Waals surface area contributed by atoms with Gasteiger partial charge in [-0.05, 0) is 25.2 Å². The zero-order chi connectivity index (χ0) is 8.81. The third kappa shape index (κ3) is 3.52. The van der Waals surface area contributed by atoms with Crippen LogP contribution in [-0.4, -0.2) is 38.1 Å². The van der Waals surface area contributed by atoms with Crippen molar-refractivity contribution >= 4 is 0 Å². The Labute approximate surface area is 73.7 Å². The molecule has 0 radical (unpaired) electrons. The Balaban J connectivity index is 1.99. The highest BCUT2D eigenvalue weighted by Crippen LogP contribution is 2.18. The van der Waals surface area contributed by atoms with Crippen LogP contribution in [0, 0.1) is 5.92 Å². The molecule has 2 atom stereocenters. The lowest BCUT2D eigenvalue weighted by Gasteiger charge is -2.11. The van der Waals surface area contributed by atoms with Crippen molar-refractivity contribution in [1.29, 1.82) is 0 Å². The third-order valence-electron chi connectivity index (χ3n) is 2.29. The fraction of sp³-hybridized carbons (Fsp3) is 1.00. The van der Waals surface area contributed by atoms with E-state index in [0.29, 0.717) is 12.5 Å². The fourth-order valence-electron chi connectivity index (χ4n) is 1.51. The normalized spacial score (nSPS) is 26.0. The van der Waals surface area contributed by atoms with Crippen LogP contribution in [0.5, 0.6) is 0 Å². The molecule has 1 rings (SSSR count). The Morgan fingerprint density at radius 2 is 2.50 bits per heavy atom. The van der Waals surface area contributed by atoms with Gasteiger partial charge >= 0.3 is 0 Å². The van der Waals surface area contributed by atoms with E-state index in [1.165, 1.54) is 0 Å². The number of rotatable bonds is 5. The van der Waals surface area contributed by atoms with Crippen LogP contribution in [0.3, 0.4) is 0 Å². The summed E-state index contributed by atoms with van der Waals surface area (Å²) in [5, 5.41) is 9.34. The highest BCUT2D eigenvalue weighted by Gasteiger charge is 2.16. The molecule has 0 amide bonds. The maximum Gasteiger partial charge on any atom is 0.0773 e. The minimum atomic E-state index is -0.296. The molecule has 0 bridgehead atoms. The number of methoxy groups -OCH3 is 1. The van der Waals surface area contributed by atoms with E-state index in [1.54, 1.807) is 7.11 Å². The summed E-state index contributed by atoms with van der Waals surface area (Å²) in [5.74, 6) is 0.663. The average Bonchev–Trinajstić information content (AvgIpc) is 2.53. The number of hydrogen-bond acceptors (Lipinski definition) is 3. The Bertz CT molecular complexity index is 110. The van der Waals surface area contributed by atoms with Crippen molar-refractivity contribution in [2.24, 2.45) is 5.92 Å². The second kappa shape index (κ2) is 5.51. The van der Waals surface area contributed by atoms with Crippen LogP contribution in [0.4, 0.5) is 0 Å². The summed E-state index contributed by atoms with van der Waals surface area (Å²) in [4.78, 5) is 0. The van der Waals surface area contributed by atoms with Gasteiger partial charge in [0.1, 0.15) is 0 Å². The van der Waals surface area contributed by atoms with Crippen LogP contribution in [-0.2, 0) is 9.47 Å². The van der Waals surface area contributed by atoms with Crippen molar-refractivity contribution in [2.75, 3.05) is 26.9 Å². The molecule has 3 heteroatoms. The van der Waals surface area contributed by atoms with Gasteiger partial charge in [-0.1, -0.05) is 0 Å². The van der Waals surface area contributed by atoms with E-state index in [2.05, 4.69) is 0 Å². The van der Waals surface area contributed by atoms with E-state index in [1.807, 2.05) is 0 Å². The molecule has 0 aromatic rings. The van der Waals surface area contributed by atoms with Crippen molar-refractivity contribution in [1.82, 2.24) is 0 Å². The molecule has 0 aromatic carbocycles. The monoisotopic (exact) mass is 174 g/mol. The Hall–Kier alpha value is -0.120. The van der Waals surface area contributed by atoms with Gasteiger partial charge in [-0.25, -0.2) is 0 Å². The zero-order valence-corrected chi connectivity index (χ0v) is 7.66. The van der Waals surface area contributed by atoms with E-state index in [-0.39, 0.29) is 6.10 Å². The first kappa shape index (κ1) is 9.96. The van der Waals surface area contributed by atoms with Crippen molar-refractivity contribution in [3.05, 3.63) is 0 Å². The highest BCUT2D eigenvalue weighted by atomic mass is 16.5. The lowest BCUT2D eigenvalue weighted by atomic mass is 10.0. The second-order valence-electron chi connectivity index (χ2n) is 3.42. The summed E-state index contributed by atoms with van der Waals surface area (Å²) in [6.45, 7) is 2.22. The number of hydrogen-bond donors (Lipinski definition) is 1. The predicted molar refractivity (Wildman–Crippen MR) is 46.0 cm³/mol. The molecule has 12 heavy (non-hydrogen) atoms. The van der Waals surface area contributed by atoms with Crippen LogP contribution in [0.15, 0.2) is 0 Å². The molecule has 72 valence electrons. The third-order valence-corrected chi connectivity index (χ3v) is 2.29. The summed E-state index contributed by atoms with van der Waals surface area (Å²) < 4.78 is 10.1. The van der Waals surface area contributed by atoms with Crippen molar-refractivity contribution in [3.63, 3.8) is 0 Å². The molecule has 0 aromatic heterocycles. The van der Waals surface area contributed by atoms with Gasteiger partial charge in [-0.15, -0.1) is 0 Å². The second-order valence-corrected chi connectivity index (χ2v) is 3.42. The molecule has 1 aliphatic heterocycles. The summed E-state index contributed by atoms with van der Waals surface area (Å²) in [5.41, 5.74) is 0. The molecule has 0 aliphatic carbocycles. The molecule has 2 unspecified atom stereocenters. The SMILES string of the molecule is COCC(O)CCC1CCOC1. The number of ether oxygens (including phenoxy) is 2. The topological polar surface area (TPSA) is 38.7 Å². The van der Waals surface area contributed by atoms with Crippen LogP contribution in [0.1, 0.15) is 19.3 Å². The van der Waals surface area contributed by atoms with E-state index >= 15 is 0 Å². The van der Waals surface area contributed by atoms with Crippen molar-refractivity contribution in [2.45, 2.75) is 25.4 Å². The first-order chi connectivity index (χ1) is 5.83. The summed E-state index contributed by atoms with van der Waals surface area (Å²) >= 11 is 0. The first-order valence-corrected chi connectivity index (χ1v) is 4.57. The van der Waals surface area contributed by atoms with E-state index in [0.717, 1.165) is 32.5 Å². The quantitative estimate of drug-likeness (QED) is 0.670. The maximum absolute atomic E-state index is 9.34. The molecule has 0 saturated carbocycles. The molecular formula is C9H18O3. The van der Waals surface area contributed by atoms with Gasteiger partial charge < -0.3 is 14.6 Å². The van der Waals surface area contributed by atoms with E-state index < -0.39 is 0 Å². The molecule has 0 spiro atoms. The van der Waals surface area contributed by atoms with Gasteiger partial charge in [-0.3, -0.25) is 0 Å². The van der Waals surface area contributed by atoms with Crippen LogP contribution in [0.2, 0.25) is 0 Å². The molecule has 1 saturated heterocycles. The van der Waals surface area contributed by atoms with Crippen LogP contribution in [0.25, 0.3) is 0 Å². The summed E-state index contributed by atoms with van der Waals surface area (Å²) in [6.07, 6.45) is 2.75. The van der Waals surface area contributed by atoms with Gasteiger partial charge in [0, 0.05) is 20.3 Å². The van der Waals surface area contributed by atoms with Crippen LogP contribution < -0.4 is 0 Å². The molecular weight excluding hydrogens is 156 g/mol. The molecule has 1 N–H and O–H groups in total. The number of aliphatic hydroxyl groups is 1. The van der Waals surface area contributed by atoms with Gasteiger partial charge in [0.05, 0.1) is 12.7 Å². The van der Waals surface area contributed by atoms with E-state index in [4.69, 9.17) is 9.47 Å². The molecule has 1 aliphatic rings. The highest BCUT2D eigenvalue weighted by molar-refractivity contribution is 4.66. The Morgan fingerprint density at radius 1 is 1.67 bits per heavy atom. The largest absolute Gasteiger partial charge is 0.391 e. The van der Waals surface area contributed by atoms with Gasteiger partial charge in [-0.2, -0.15) is 0 Å². The van der Waals surface area contributed by atoms with Gasteiger partial charge in [0.2, 0.25) is 0 Å². The van der Waals surface area contributed by atoms with Crippen LogP contribution >= 0.6 is 0 Å². The smallest absolute Gasteiger partial charge is 0.0773 e. The first-order valence-electron chi connectivity index (χ1n) is 4.57. The van der Waals surface area contributed by atoms with E-state index in [9.17, 15) is 5.11 Å². The predicted octanol–water partition coefficient (Wildman–Crippen LogP) is 0.810. The summed E-state index contributed by atoms with van der Waals surface area (Å²) in [6, 6.07) is 0. The Kier molecular flexibility index (Phi) is 4.58. The standard InChI is InChI=1S/C9H18O3/c1-11-7-9(10)3-2-8-4-5-12-6-8/h8-10H,2-7H2,1H3. The Morgan fingerprint density at radius 3 is 3.08 bits per heavy atom. The van der Waals surface area contributed by atoms with Crippen molar-refractivity contribution in [3.8, 4) is 0 Å². The maximum atomic E-state index is 9.34. The summed E-state index contributed by atoms with van der Waals surface area (Å²) in [7, 11) is 1.61. The minimum absolute atomic E-state index is 0.296. The number of aliphatic hydroxyl groups excluding tert-OH is 1. The van der Waals surface area contributed by atoms with Crippen molar-refractivity contribution < 1.29 is 14.6 Å². The minimum Gasteiger partial charge on any atom is -0.391 e. The van der Waals surface area contributed by atoms with Gasteiger partial charge in [0.25, 0.3) is 0 Å². The molecule has 1 fully saturated rings. The molecule has 3 nitrogen and oxygen atoms in total.